The summed E-state index contributed by atoms with van der Waals surface area (Å²) in [6.07, 6.45) is 2.53. The summed E-state index contributed by atoms with van der Waals surface area (Å²) >= 11 is 0. The summed E-state index contributed by atoms with van der Waals surface area (Å²) in [5.74, 6) is 0.617. The fraction of sp³-hybridized carbons (Fsp3) is 0.294. The van der Waals surface area contributed by atoms with Crippen molar-refractivity contribution in [1.29, 1.82) is 0 Å². The Morgan fingerprint density at radius 1 is 1.05 bits per heavy atom. The van der Waals surface area contributed by atoms with E-state index in [-0.39, 0.29) is 0 Å². The summed E-state index contributed by atoms with van der Waals surface area (Å²) in [5, 5.41) is 3.50. The molecule has 1 aliphatic heterocycles. The van der Waals surface area contributed by atoms with Crippen molar-refractivity contribution in [3.05, 3.63) is 54.1 Å². The van der Waals surface area contributed by atoms with Crippen molar-refractivity contribution in [2.75, 3.05) is 18.8 Å². The Kier molecular flexibility index (Phi) is 3.51. The van der Waals surface area contributed by atoms with Crippen molar-refractivity contribution in [3.63, 3.8) is 0 Å². The van der Waals surface area contributed by atoms with Crippen LogP contribution in [0.1, 0.15) is 24.3 Å². The lowest BCUT2D eigenvalue weighted by Crippen LogP contribution is -2.28. The third-order valence-corrected chi connectivity index (χ3v) is 3.90. The number of benzene rings is 2. The zero-order chi connectivity index (χ0) is 13.1. The number of rotatable bonds is 2. The number of hydrogen-bond donors (Lipinski definition) is 2. The molecule has 2 heteroatoms. The minimum Gasteiger partial charge on any atom is -0.399 e. The van der Waals surface area contributed by atoms with Gasteiger partial charge >= 0.3 is 0 Å². The highest BCUT2D eigenvalue weighted by Crippen LogP contribution is 2.33. The van der Waals surface area contributed by atoms with E-state index in [0.29, 0.717) is 5.92 Å². The summed E-state index contributed by atoms with van der Waals surface area (Å²) < 4.78 is 0. The molecular weight excluding hydrogens is 232 g/mol. The average molecular weight is 252 g/mol. The Hall–Kier alpha value is -1.80. The minimum absolute atomic E-state index is 0.617. The van der Waals surface area contributed by atoms with Crippen LogP contribution in [0.25, 0.3) is 11.1 Å². The Bertz CT molecular complexity index is 557. The Morgan fingerprint density at radius 2 is 1.95 bits per heavy atom. The van der Waals surface area contributed by atoms with E-state index in [1.54, 1.807) is 0 Å². The second-order valence-electron chi connectivity index (χ2n) is 5.26. The van der Waals surface area contributed by atoms with Gasteiger partial charge in [0.25, 0.3) is 0 Å². The molecule has 1 fully saturated rings. The Balaban J connectivity index is 2.01. The number of hydrogen-bond acceptors (Lipinski definition) is 2. The molecule has 19 heavy (non-hydrogen) atoms. The number of anilines is 1. The predicted molar refractivity (Wildman–Crippen MR) is 81.1 cm³/mol. The molecule has 0 amide bonds. The van der Waals surface area contributed by atoms with Crippen LogP contribution in [0.2, 0.25) is 0 Å². The first kappa shape index (κ1) is 12.2. The maximum atomic E-state index is 5.91. The van der Waals surface area contributed by atoms with Gasteiger partial charge in [0.1, 0.15) is 0 Å². The van der Waals surface area contributed by atoms with Crippen LogP contribution in [0, 0.1) is 0 Å². The molecule has 2 nitrogen and oxygen atoms in total. The molecule has 0 bridgehead atoms. The summed E-state index contributed by atoms with van der Waals surface area (Å²) in [6.45, 7) is 2.23. The van der Waals surface area contributed by atoms with Gasteiger partial charge in [-0.05, 0) is 54.1 Å². The van der Waals surface area contributed by atoms with Gasteiger partial charge in [-0.1, -0.05) is 36.4 Å². The quantitative estimate of drug-likeness (QED) is 0.804. The van der Waals surface area contributed by atoms with Gasteiger partial charge in [0.2, 0.25) is 0 Å². The van der Waals surface area contributed by atoms with Crippen molar-refractivity contribution in [3.8, 4) is 11.1 Å². The molecule has 2 aromatic rings. The lowest BCUT2D eigenvalue weighted by Gasteiger charge is -2.25. The van der Waals surface area contributed by atoms with E-state index < -0.39 is 0 Å². The van der Waals surface area contributed by atoms with Gasteiger partial charge in [-0.3, -0.25) is 0 Å². The van der Waals surface area contributed by atoms with Crippen LogP contribution < -0.4 is 11.1 Å². The van der Waals surface area contributed by atoms with Gasteiger partial charge in [-0.2, -0.15) is 0 Å². The summed E-state index contributed by atoms with van der Waals surface area (Å²) in [6, 6.07) is 16.9. The Labute approximate surface area is 114 Å². The van der Waals surface area contributed by atoms with E-state index in [9.17, 15) is 0 Å². The van der Waals surface area contributed by atoms with Gasteiger partial charge < -0.3 is 11.1 Å². The molecule has 1 heterocycles. The fourth-order valence-electron chi connectivity index (χ4n) is 2.94. The van der Waals surface area contributed by atoms with E-state index in [2.05, 4.69) is 41.7 Å². The zero-order valence-electron chi connectivity index (χ0n) is 11.1. The molecule has 3 N–H and O–H groups in total. The largest absolute Gasteiger partial charge is 0.399 e. The van der Waals surface area contributed by atoms with Crippen LogP contribution in [-0.4, -0.2) is 13.1 Å². The molecule has 0 aliphatic carbocycles. The van der Waals surface area contributed by atoms with E-state index in [4.69, 9.17) is 5.73 Å². The molecule has 2 aromatic carbocycles. The molecule has 1 unspecified atom stereocenters. The third-order valence-electron chi connectivity index (χ3n) is 3.90. The summed E-state index contributed by atoms with van der Waals surface area (Å²) in [7, 11) is 0. The van der Waals surface area contributed by atoms with Gasteiger partial charge in [0.05, 0.1) is 0 Å². The summed E-state index contributed by atoms with van der Waals surface area (Å²) in [5.41, 5.74) is 10.7. The van der Waals surface area contributed by atoms with Crippen LogP contribution in [0.3, 0.4) is 0 Å². The van der Waals surface area contributed by atoms with E-state index >= 15 is 0 Å². The van der Waals surface area contributed by atoms with Crippen molar-refractivity contribution in [1.82, 2.24) is 5.32 Å². The molecule has 0 spiro atoms. The van der Waals surface area contributed by atoms with Crippen LogP contribution in [-0.2, 0) is 0 Å². The van der Waals surface area contributed by atoms with Gasteiger partial charge in [0, 0.05) is 12.2 Å². The maximum Gasteiger partial charge on any atom is 0.0320 e. The number of nitrogen functional groups attached to an aromatic ring is 1. The normalized spacial score (nSPS) is 19.3. The van der Waals surface area contributed by atoms with Gasteiger partial charge in [0.15, 0.2) is 0 Å². The van der Waals surface area contributed by atoms with Crippen LogP contribution in [0.5, 0.6) is 0 Å². The fourth-order valence-corrected chi connectivity index (χ4v) is 2.94. The molecule has 1 aliphatic rings. The standard InChI is InChI=1S/C17H20N2/c18-15-7-3-5-13(11-15)16-8-1-2-9-17(16)14-6-4-10-19-12-14/h1-3,5,7-9,11,14,19H,4,6,10,12,18H2. The topological polar surface area (TPSA) is 38.0 Å². The molecular formula is C17H20N2. The first-order valence-electron chi connectivity index (χ1n) is 7.00. The molecule has 1 saturated heterocycles. The van der Waals surface area contributed by atoms with Gasteiger partial charge in [-0.15, -0.1) is 0 Å². The molecule has 1 atom stereocenters. The second kappa shape index (κ2) is 5.45. The third kappa shape index (κ3) is 2.64. The molecule has 0 saturated carbocycles. The first-order valence-corrected chi connectivity index (χ1v) is 7.00. The SMILES string of the molecule is Nc1cccc(-c2ccccc2C2CCCNC2)c1. The predicted octanol–water partition coefficient (Wildman–Crippen LogP) is 3.40. The number of nitrogens with one attached hydrogen (secondary N) is 1. The molecule has 3 rings (SSSR count). The molecule has 0 aromatic heterocycles. The number of piperidine rings is 1. The summed E-state index contributed by atoms with van der Waals surface area (Å²) in [4.78, 5) is 0. The van der Waals surface area contributed by atoms with Crippen molar-refractivity contribution in [2.45, 2.75) is 18.8 Å². The van der Waals surface area contributed by atoms with Crippen molar-refractivity contribution in [2.24, 2.45) is 0 Å². The highest BCUT2D eigenvalue weighted by Gasteiger charge is 2.18. The van der Waals surface area contributed by atoms with Crippen LogP contribution >= 0.6 is 0 Å². The maximum absolute atomic E-state index is 5.91. The van der Waals surface area contributed by atoms with Crippen LogP contribution in [0.15, 0.2) is 48.5 Å². The lowest BCUT2D eigenvalue weighted by molar-refractivity contribution is 0.462. The average Bonchev–Trinajstić information content (AvgIpc) is 2.48. The zero-order valence-corrected chi connectivity index (χ0v) is 11.1. The van der Waals surface area contributed by atoms with Crippen molar-refractivity contribution >= 4 is 5.69 Å². The van der Waals surface area contributed by atoms with E-state index in [0.717, 1.165) is 18.8 Å². The first-order chi connectivity index (χ1) is 9.34. The van der Waals surface area contributed by atoms with Crippen molar-refractivity contribution < 1.29 is 0 Å². The highest BCUT2D eigenvalue weighted by molar-refractivity contribution is 5.71. The van der Waals surface area contributed by atoms with E-state index in [1.807, 2.05) is 12.1 Å². The molecule has 0 radical (unpaired) electrons. The monoisotopic (exact) mass is 252 g/mol. The van der Waals surface area contributed by atoms with E-state index in [1.165, 1.54) is 29.5 Å². The minimum atomic E-state index is 0.617. The second-order valence-corrected chi connectivity index (χ2v) is 5.26. The lowest BCUT2D eigenvalue weighted by atomic mass is 9.86. The number of nitrogens with two attached hydrogens (primary N) is 1. The van der Waals surface area contributed by atoms with Gasteiger partial charge in [-0.25, -0.2) is 0 Å². The molecule has 98 valence electrons. The van der Waals surface area contributed by atoms with Crippen LogP contribution in [0.4, 0.5) is 5.69 Å². The highest BCUT2D eigenvalue weighted by atomic mass is 14.9. The smallest absolute Gasteiger partial charge is 0.0320 e. The Morgan fingerprint density at radius 3 is 2.74 bits per heavy atom.